The number of aryl methyl sites for hydroxylation is 1. The number of benzene rings is 1. The van der Waals surface area contributed by atoms with E-state index in [0.717, 1.165) is 22.2 Å². The predicted molar refractivity (Wildman–Crippen MR) is 70.0 cm³/mol. The molecule has 4 nitrogen and oxygen atoms in total. The number of pyridine rings is 1. The molecular formula is C14H16N2O2. The first-order chi connectivity index (χ1) is 8.61. The molecule has 4 heteroatoms. The van der Waals surface area contributed by atoms with Crippen LogP contribution < -0.4 is 5.73 Å². The lowest BCUT2D eigenvalue weighted by atomic mass is 10.0. The van der Waals surface area contributed by atoms with Crippen LogP contribution in [0.25, 0.3) is 10.9 Å². The first kappa shape index (κ1) is 12.5. The standard InChI is InChI=1S/C14H16N2O2/c1-3-18-14(17)13(15)11-6-7-12-10(8-11)5-4-9(2)16-12/h4-8,13H,3,15H2,1-2H3. The van der Waals surface area contributed by atoms with Gasteiger partial charge in [-0.15, -0.1) is 0 Å². The third-order valence-electron chi connectivity index (χ3n) is 2.75. The van der Waals surface area contributed by atoms with Crippen molar-refractivity contribution in [2.75, 3.05) is 6.61 Å². The summed E-state index contributed by atoms with van der Waals surface area (Å²) < 4.78 is 4.91. The number of carbonyl (C=O) groups is 1. The Morgan fingerprint density at radius 1 is 1.39 bits per heavy atom. The maximum atomic E-state index is 11.6. The minimum atomic E-state index is -0.740. The highest BCUT2D eigenvalue weighted by molar-refractivity contribution is 5.83. The van der Waals surface area contributed by atoms with Gasteiger partial charge in [-0.3, -0.25) is 4.98 Å². The van der Waals surface area contributed by atoms with Crippen LogP contribution in [0.4, 0.5) is 0 Å². The van der Waals surface area contributed by atoms with Gasteiger partial charge in [0.1, 0.15) is 6.04 Å². The van der Waals surface area contributed by atoms with Crippen LogP contribution >= 0.6 is 0 Å². The molecular weight excluding hydrogens is 228 g/mol. The lowest BCUT2D eigenvalue weighted by Crippen LogP contribution is -2.23. The average Bonchev–Trinajstić information content (AvgIpc) is 2.37. The smallest absolute Gasteiger partial charge is 0.327 e. The van der Waals surface area contributed by atoms with Gasteiger partial charge in [0.2, 0.25) is 0 Å². The van der Waals surface area contributed by atoms with Gasteiger partial charge in [0.15, 0.2) is 0 Å². The van der Waals surface area contributed by atoms with E-state index in [2.05, 4.69) is 4.98 Å². The van der Waals surface area contributed by atoms with E-state index in [1.165, 1.54) is 0 Å². The molecule has 0 radical (unpaired) electrons. The monoisotopic (exact) mass is 244 g/mol. The number of nitrogens with zero attached hydrogens (tertiary/aromatic N) is 1. The Kier molecular flexibility index (Phi) is 3.58. The number of rotatable bonds is 3. The third-order valence-corrected chi connectivity index (χ3v) is 2.75. The van der Waals surface area contributed by atoms with Gasteiger partial charge in [-0.25, -0.2) is 4.79 Å². The van der Waals surface area contributed by atoms with E-state index in [-0.39, 0.29) is 0 Å². The van der Waals surface area contributed by atoms with Crippen molar-refractivity contribution < 1.29 is 9.53 Å². The molecule has 2 N–H and O–H groups in total. The maximum absolute atomic E-state index is 11.6. The first-order valence-electron chi connectivity index (χ1n) is 5.91. The van der Waals surface area contributed by atoms with E-state index in [9.17, 15) is 4.79 Å². The van der Waals surface area contributed by atoms with Gasteiger partial charge < -0.3 is 10.5 Å². The molecule has 0 aliphatic heterocycles. The van der Waals surface area contributed by atoms with Crippen LogP contribution in [0, 0.1) is 6.92 Å². The van der Waals surface area contributed by atoms with Gasteiger partial charge in [0, 0.05) is 11.1 Å². The molecule has 0 bridgehead atoms. The van der Waals surface area contributed by atoms with Gasteiger partial charge in [0.25, 0.3) is 0 Å². The highest BCUT2D eigenvalue weighted by atomic mass is 16.5. The maximum Gasteiger partial charge on any atom is 0.327 e. The highest BCUT2D eigenvalue weighted by Crippen LogP contribution is 2.19. The Labute approximate surface area is 106 Å². The number of carbonyl (C=O) groups excluding carboxylic acids is 1. The molecule has 18 heavy (non-hydrogen) atoms. The van der Waals surface area contributed by atoms with Crippen LogP contribution in [0.15, 0.2) is 30.3 Å². The van der Waals surface area contributed by atoms with Crippen molar-refractivity contribution in [2.45, 2.75) is 19.9 Å². The highest BCUT2D eigenvalue weighted by Gasteiger charge is 2.17. The molecule has 0 fully saturated rings. The molecule has 94 valence electrons. The zero-order valence-corrected chi connectivity index (χ0v) is 10.5. The SMILES string of the molecule is CCOC(=O)C(N)c1ccc2nc(C)ccc2c1. The van der Waals surface area contributed by atoms with Crippen LogP contribution in [0.2, 0.25) is 0 Å². The van der Waals surface area contributed by atoms with E-state index in [1.807, 2.05) is 37.3 Å². The second-order valence-corrected chi connectivity index (χ2v) is 4.13. The second kappa shape index (κ2) is 5.14. The molecule has 1 atom stereocenters. The topological polar surface area (TPSA) is 65.2 Å². The van der Waals surface area contributed by atoms with Crippen LogP contribution in [-0.4, -0.2) is 17.6 Å². The largest absolute Gasteiger partial charge is 0.465 e. The van der Waals surface area contributed by atoms with Gasteiger partial charge in [-0.1, -0.05) is 12.1 Å². The van der Waals surface area contributed by atoms with Crippen molar-refractivity contribution in [1.29, 1.82) is 0 Å². The average molecular weight is 244 g/mol. The van der Waals surface area contributed by atoms with Crippen LogP contribution in [0.3, 0.4) is 0 Å². The number of hydrogen-bond donors (Lipinski definition) is 1. The molecule has 1 unspecified atom stereocenters. The van der Waals surface area contributed by atoms with Crippen molar-refractivity contribution >= 4 is 16.9 Å². The fraction of sp³-hybridized carbons (Fsp3) is 0.286. The minimum Gasteiger partial charge on any atom is -0.465 e. The van der Waals surface area contributed by atoms with E-state index in [4.69, 9.17) is 10.5 Å². The summed E-state index contributed by atoms with van der Waals surface area (Å²) in [4.78, 5) is 16.0. The number of ether oxygens (including phenoxy) is 1. The molecule has 1 aromatic carbocycles. The fourth-order valence-electron chi connectivity index (χ4n) is 1.81. The van der Waals surface area contributed by atoms with Gasteiger partial charge >= 0.3 is 5.97 Å². The summed E-state index contributed by atoms with van der Waals surface area (Å²) in [5, 5.41) is 0.970. The number of nitrogens with two attached hydrogens (primary N) is 1. The predicted octanol–water partition coefficient (Wildman–Crippen LogP) is 2.11. The number of fused-ring (bicyclic) bond motifs is 1. The summed E-state index contributed by atoms with van der Waals surface area (Å²) in [5.74, 6) is -0.406. The van der Waals surface area contributed by atoms with E-state index < -0.39 is 12.0 Å². The van der Waals surface area contributed by atoms with Crippen molar-refractivity contribution in [3.05, 3.63) is 41.6 Å². The fourth-order valence-corrected chi connectivity index (χ4v) is 1.81. The van der Waals surface area contributed by atoms with Crippen molar-refractivity contribution in [1.82, 2.24) is 4.98 Å². The molecule has 0 amide bonds. The molecule has 0 saturated heterocycles. The summed E-state index contributed by atoms with van der Waals surface area (Å²) in [5.41, 5.74) is 8.45. The minimum absolute atomic E-state index is 0.334. The molecule has 0 aliphatic rings. The zero-order valence-electron chi connectivity index (χ0n) is 10.5. The Balaban J connectivity index is 2.35. The molecule has 2 rings (SSSR count). The number of esters is 1. The molecule has 0 spiro atoms. The Morgan fingerprint density at radius 2 is 2.17 bits per heavy atom. The molecule has 1 aromatic heterocycles. The summed E-state index contributed by atoms with van der Waals surface area (Å²) in [6.45, 7) is 4.04. The normalized spacial score (nSPS) is 12.4. The summed E-state index contributed by atoms with van der Waals surface area (Å²) in [6.07, 6.45) is 0. The number of aromatic nitrogens is 1. The van der Waals surface area contributed by atoms with Gasteiger partial charge in [-0.05, 0) is 37.6 Å². The molecule has 0 saturated carbocycles. The molecule has 2 aromatic rings. The Bertz CT molecular complexity index is 581. The van der Waals surface area contributed by atoms with E-state index in [1.54, 1.807) is 6.92 Å². The summed E-state index contributed by atoms with van der Waals surface area (Å²) in [6, 6.07) is 8.73. The van der Waals surface area contributed by atoms with Crippen LogP contribution in [0.5, 0.6) is 0 Å². The third kappa shape index (κ3) is 2.49. The van der Waals surface area contributed by atoms with E-state index in [0.29, 0.717) is 6.61 Å². The van der Waals surface area contributed by atoms with Crippen molar-refractivity contribution in [3.8, 4) is 0 Å². The lowest BCUT2D eigenvalue weighted by Gasteiger charge is -2.11. The van der Waals surface area contributed by atoms with Crippen molar-refractivity contribution in [2.24, 2.45) is 5.73 Å². The van der Waals surface area contributed by atoms with Crippen LogP contribution in [-0.2, 0) is 9.53 Å². The first-order valence-corrected chi connectivity index (χ1v) is 5.91. The van der Waals surface area contributed by atoms with Gasteiger partial charge in [-0.2, -0.15) is 0 Å². The molecule has 1 heterocycles. The Morgan fingerprint density at radius 3 is 2.89 bits per heavy atom. The summed E-state index contributed by atoms with van der Waals surface area (Å²) in [7, 11) is 0. The van der Waals surface area contributed by atoms with Crippen molar-refractivity contribution in [3.63, 3.8) is 0 Å². The second-order valence-electron chi connectivity index (χ2n) is 4.13. The quantitative estimate of drug-likeness (QED) is 0.840. The summed E-state index contributed by atoms with van der Waals surface area (Å²) >= 11 is 0. The van der Waals surface area contributed by atoms with Crippen LogP contribution in [0.1, 0.15) is 24.2 Å². The molecule has 0 aliphatic carbocycles. The zero-order chi connectivity index (χ0) is 13.1. The van der Waals surface area contributed by atoms with E-state index >= 15 is 0 Å². The van der Waals surface area contributed by atoms with Gasteiger partial charge in [0.05, 0.1) is 12.1 Å². The number of hydrogen-bond acceptors (Lipinski definition) is 4. The lowest BCUT2D eigenvalue weighted by molar-refractivity contribution is -0.144. The Hall–Kier alpha value is -1.94.